The molecule has 0 aromatic heterocycles. The van der Waals surface area contributed by atoms with Gasteiger partial charge >= 0.3 is 0 Å². The van der Waals surface area contributed by atoms with Crippen LogP contribution < -0.4 is 5.73 Å². The first-order chi connectivity index (χ1) is 8.99. The van der Waals surface area contributed by atoms with Crippen molar-refractivity contribution in [2.45, 2.75) is 32.7 Å². The highest BCUT2D eigenvalue weighted by molar-refractivity contribution is 5.76. The third-order valence-electron chi connectivity index (χ3n) is 4.40. The van der Waals surface area contributed by atoms with Crippen molar-refractivity contribution in [1.29, 1.82) is 0 Å². The lowest BCUT2D eigenvalue weighted by Crippen LogP contribution is -2.53. The van der Waals surface area contributed by atoms with Gasteiger partial charge in [-0.1, -0.05) is 13.8 Å². The second-order valence-corrected chi connectivity index (χ2v) is 6.40. The zero-order chi connectivity index (χ0) is 13.9. The Hall–Kier alpha value is -0.650. The SMILES string of the molecule is CC1(C)CN(CCC(=O)N2CCOCC2)CCC1N. The zero-order valence-electron chi connectivity index (χ0n) is 12.2. The summed E-state index contributed by atoms with van der Waals surface area (Å²) in [6.07, 6.45) is 1.64. The predicted octanol–water partition coefficient (Wildman–Crippen LogP) is 0.295. The van der Waals surface area contributed by atoms with Crippen LogP contribution in [0.4, 0.5) is 0 Å². The van der Waals surface area contributed by atoms with Crippen molar-refractivity contribution < 1.29 is 9.53 Å². The van der Waals surface area contributed by atoms with E-state index in [1.807, 2.05) is 4.90 Å². The number of hydrogen-bond acceptors (Lipinski definition) is 4. The largest absolute Gasteiger partial charge is 0.378 e. The standard InChI is InChI=1S/C14H27N3O2/c1-14(2)11-16(5-3-12(14)15)6-4-13(18)17-7-9-19-10-8-17/h12H,3-11,15H2,1-2H3. The molecule has 2 rings (SSSR count). The van der Waals surface area contributed by atoms with Gasteiger partial charge in [-0.15, -0.1) is 0 Å². The monoisotopic (exact) mass is 269 g/mol. The van der Waals surface area contributed by atoms with E-state index in [0.29, 0.717) is 19.6 Å². The molecule has 1 amide bonds. The number of carbonyl (C=O) groups is 1. The van der Waals surface area contributed by atoms with E-state index in [4.69, 9.17) is 10.5 Å². The lowest BCUT2D eigenvalue weighted by atomic mass is 9.79. The molecule has 19 heavy (non-hydrogen) atoms. The minimum atomic E-state index is 0.153. The Morgan fingerprint density at radius 3 is 2.63 bits per heavy atom. The summed E-state index contributed by atoms with van der Waals surface area (Å²) in [5.74, 6) is 0.260. The first kappa shape index (κ1) is 14.8. The van der Waals surface area contributed by atoms with Crippen LogP contribution in [0, 0.1) is 5.41 Å². The molecule has 110 valence electrons. The number of nitrogens with two attached hydrogens (primary N) is 1. The van der Waals surface area contributed by atoms with Gasteiger partial charge in [0.15, 0.2) is 0 Å². The fraction of sp³-hybridized carbons (Fsp3) is 0.929. The summed E-state index contributed by atoms with van der Waals surface area (Å²) < 4.78 is 5.27. The quantitative estimate of drug-likeness (QED) is 0.800. The number of likely N-dealkylation sites (tertiary alicyclic amines) is 1. The molecule has 0 aromatic carbocycles. The van der Waals surface area contributed by atoms with E-state index in [2.05, 4.69) is 18.7 Å². The molecule has 0 radical (unpaired) electrons. The topological polar surface area (TPSA) is 58.8 Å². The van der Waals surface area contributed by atoms with Gasteiger partial charge in [0.1, 0.15) is 0 Å². The Morgan fingerprint density at radius 2 is 2.00 bits per heavy atom. The fourth-order valence-electron chi connectivity index (χ4n) is 2.90. The van der Waals surface area contributed by atoms with E-state index in [0.717, 1.165) is 39.1 Å². The molecule has 2 aliphatic rings. The van der Waals surface area contributed by atoms with Gasteiger partial charge in [-0.2, -0.15) is 0 Å². The normalized spacial score (nSPS) is 28.4. The Bertz CT molecular complexity index is 314. The summed E-state index contributed by atoms with van der Waals surface area (Å²) >= 11 is 0. The summed E-state index contributed by atoms with van der Waals surface area (Å²) in [6, 6.07) is 0.277. The molecule has 1 unspecified atom stereocenters. The summed E-state index contributed by atoms with van der Waals surface area (Å²) in [5.41, 5.74) is 6.28. The van der Waals surface area contributed by atoms with Crippen LogP contribution in [0.5, 0.6) is 0 Å². The van der Waals surface area contributed by atoms with E-state index in [1.165, 1.54) is 0 Å². The lowest BCUT2D eigenvalue weighted by Gasteiger charge is -2.42. The van der Waals surface area contributed by atoms with Gasteiger partial charge in [0.2, 0.25) is 5.91 Å². The first-order valence-electron chi connectivity index (χ1n) is 7.32. The molecule has 2 N–H and O–H groups in total. The average Bonchev–Trinajstić information content (AvgIpc) is 2.40. The number of amides is 1. The molecule has 2 heterocycles. The highest BCUT2D eigenvalue weighted by Crippen LogP contribution is 2.27. The molecule has 5 nitrogen and oxygen atoms in total. The number of piperidine rings is 1. The third-order valence-corrected chi connectivity index (χ3v) is 4.40. The highest BCUT2D eigenvalue weighted by atomic mass is 16.5. The van der Waals surface area contributed by atoms with Crippen molar-refractivity contribution >= 4 is 5.91 Å². The Morgan fingerprint density at radius 1 is 1.32 bits per heavy atom. The molecule has 5 heteroatoms. The Labute approximate surface area is 116 Å². The van der Waals surface area contributed by atoms with E-state index in [9.17, 15) is 4.79 Å². The van der Waals surface area contributed by atoms with Crippen LogP contribution >= 0.6 is 0 Å². The zero-order valence-corrected chi connectivity index (χ0v) is 12.2. The molecular weight excluding hydrogens is 242 g/mol. The summed E-state index contributed by atoms with van der Waals surface area (Å²) in [7, 11) is 0. The van der Waals surface area contributed by atoms with Gasteiger partial charge in [-0.3, -0.25) is 4.79 Å². The first-order valence-corrected chi connectivity index (χ1v) is 7.32. The number of nitrogens with zero attached hydrogens (tertiary/aromatic N) is 2. The van der Waals surface area contributed by atoms with Gasteiger partial charge in [-0.05, 0) is 18.4 Å². The maximum Gasteiger partial charge on any atom is 0.224 e. The predicted molar refractivity (Wildman–Crippen MR) is 74.8 cm³/mol. The van der Waals surface area contributed by atoms with Gasteiger partial charge in [-0.25, -0.2) is 0 Å². The van der Waals surface area contributed by atoms with Crippen LogP contribution in [0.2, 0.25) is 0 Å². The number of ether oxygens (including phenoxy) is 1. The summed E-state index contributed by atoms with van der Waals surface area (Å²) in [5, 5.41) is 0. The molecule has 2 aliphatic heterocycles. The van der Waals surface area contributed by atoms with Gasteiger partial charge < -0.3 is 20.3 Å². The number of carbonyl (C=O) groups excluding carboxylic acids is 1. The molecule has 0 bridgehead atoms. The van der Waals surface area contributed by atoms with Crippen molar-refractivity contribution in [1.82, 2.24) is 9.80 Å². The highest BCUT2D eigenvalue weighted by Gasteiger charge is 2.33. The Kier molecular flexibility index (Phi) is 4.81. The van der Waals surface area contributed by atoms with E-state index in [-0.39, 0.29) is 17.4 Å². The van der Waals surface area contributed by atoms with Crippen molar-refractivity contribution in [3.63, 3.8) is 0 Å². The van der Waals surface area contributed by atoms with Gasteiger partial charge in [0.05, 0.1) is 13.2 Å². The minimum Gasteiger partial charge on any atom is -0.378 e. The van der Waals surface area contributed by atoms with Crippen LogP contribution in [0.3, 0.4) is 0 Å². The second-order valence-electron chi connectivity index (χ2n) is 6.40. The van der Waals surface area contributed by atoms with Crippen molar-refractivity contribution in [2.24, 2.45) is 11.1 Å². The number of rotatable bonds is 3. The van der Waals surface area contributed by atoms with Crippen molar-refractivity contribution in [3.8, 4) is 0 Å². The van der Waals surface area contributed by atoms with Gasteiger partial charge in [0, 0.05) is 38.6 Å². The number of hydrogen-bond donors (Lipinski definition) is 1. The summed E-state index contributed by atoms with van der Waals surface area (Å²) in [4.78, 5) is 16.4. The van der Waals surface area contributed by atoms with Crippen molar-refractivity contribution in [2.75, 3.05) is 45.9 Å². The lowest BCUT2D eigenvalue weighted by molar-refractivity contribution is -0.135. The number of morpholine rings is 1. The Balaban J connectivity index is 1.74. The van der Waals surface area contributed by atoms with Crippen LogP contribution in [0.1, 0.15) is 26.7 Å². The van der Waals surface area contributed by atoms with E-state index < -0.39 is 0 Å². The molecule has 0 spiro atoms. The van der Waals surface area contributed by atoms with Crippen LogP contribution in [-0.4, -0.2) is 67.7 Å². The molecule has 1 atom stereocenters. The van der Waals surface area contributed by atoms with Crippen LogP contribution in [0.25, 0.3) is 0 Å². The average molecular weight is 269 g/mol. The van der Waals surface area contributed by atoms with Crippen LogP contribution in [-0.2, 0) is 9.53 Å². The minimum absolute atomic E-state index is 0.153. The molecule has 0 saturated carbocycles. The summed E-state index contributed by atoms with van der Waals surface area (Å²) in [6.45, 7) is 10.1. The van der Waals surface area contributed by atoms with E-state index in [1.54, 1.807) is 0 Å². The molecule has 2 saturated heterocycles. The van der Waals surface area contributed by atoms with Crippen LogP contribution in [0.15, 0.2) is 0 Å². The maximum absolute atomic E-state index is 12.1. The maximum atomic E-state index is 12.1. The van der Waals surface area contributed by atoms with E-state index >= 15 is 0 Å². The van der Waals surface area contributed by atoms with Gasteiger partial charge in [0.25, 0.3) is 0 Å². The fourth-order valence-corrected chi connectivity index (χ4v) is 2.90. The molecule has 0 aliphatic carbocycles. The molecule has 0 aromatic rings. The third kappa shape index (κ3) is 3.91. The second kappa shape index (κ2) is 6.20. The smallest absolute Gasteiger partial charge is 0.224 e. The molecular formula is C14H27N3O2. The van der Waals surface area contributed by atoms with Crippen molar-refractivity contribution in [3.05, 3.63) is 0 Å². The molecule has 2 fully saturated rings.